The van der Waals surface area contributed by atoms with Crippen LogP contribution in [0.15, 0.2) is 102 Å². The van der Waals surface area contributed by atoms with E-state index in [1.54, 1.807) is 31.5 Å². The largest absolute Gasteiger partial charge is 0.494 e. The van der Waals surface area contributed by atoms with E-state index in [-0.39, 0.29) is 29.6 Å². The van der Waals surface area contributed by atoms with Crippen LogP contribution in [0.4, 0.5) is 34.5 Å². The molecule has 16 nitrogen and oxygen atoms in total. The highest BCUT2D eigenvalue weighted by Gasteiger charge is 2.42. The van der Waals surface area contributed by atoms with Gasteiger partial charge in [0.15, 0.2) is 0 Å². The molecule has 18 heteroatoms. The summed E-state index contributed by atoms with van der Waals surface area (Å²) >= 11 is 3.65. The number of nitrogens with one attached hydrogen (secondary N) is 3. The average Bonchev–Trinajstić information content (AvgIpc) is 3.99. The summed E-state index contributed by atoms with van der Waals surface area (Å²) in [5.74, 6) is 0.770. The van der Waals surface area contributed by atoms with Gasteiger partial charge in [0.05, 0.1) is 29.2 Å². The molecule has 2 aromatic heterocycles. The number of benzene rings is 4. The lowest BCUT2D eigenvalue weighted by Gasteiger charge is -2.50. The van der Waals surface area contributed by atoms with E-state index in [2.05, 4.69) is 80.9 Å². The highest BCUT2D eigenvalue weighted by atomic mass is 79.9. The molecule has 5 aliphatic heterocycles. The molecule has 4 aromatic carbocycles. The van der Waals surface area contributed by atoms with Gasteiger partial charge in [0.1, 0.15) is 24.8 Å². The molecule has 3 N–H and O–H groups in total. The number of halogens is 1. The molecule has 7 heterocycles. The zero-order valence-corrected chi connectivity index (χ0v) is 44.9. The number of nitrogens with zero attached hydrogens (tertiary/aromatic N) is 8. The number of aryl methyl sites for hydroxylation is 1. The third-order valence-electron chi connectivity index (χ3n) is 16.0. The van der Waals surface area contributed by atoms with Crippen molar-refractivity contribution in [3.63, 3.8) is 0 Å². The molecule has 0 radical (unpaired) electrons. The molecule has 74 heavy (non-hydrogen) atoms. The van der Waals surface area contributed by atoms with Crippen LogP contribution in [0.5, 0.6) is 5.75 Å². The minimum absolute atomic E-state index is 0.130. The Bertz CT molecular complexity index is 3180. The van der Waals surface area contributed by atoms with Crippen molar-refractivity contribution in [2.75, 3.05) is 80.1 Å². The van der Waals surface area contributed by atoms with Crippen LogP contribution in [0.3, 0.4) is 0 Å². The van der Waals surface area contributed by atoms with E-state index in [0.29, 0.717) is 57.9 Å². The number of piperidine rings is 4. The second-order valence-corrected chi connectivity index (χ2v) is 25.1. The number of carbonyl (C=O) groups excluding carboxylic acids is 3. The van der Waals surface area contributed by atoms with Crippen LogP contribution in [0, 0.1) is 5.41 Å². The summed E-state index contributed by atoms with van der Waals surface area (Å²) < 4.78 is 22.3. The fourth-order valence-electron chi connectivity index (χ4n) is 12.0. The van der Waals surface area contributed by atoms with Crippen LogP contribution in [0.2, 0.25) is 0 Å². The zero-order valence-electron chi connectivity index (χ0n) is 42.4. The zero-order chi connectivity index (χ0) is 51.3. The van der Waals surface area contributed by atoms with Crippen LogP contribution in [-0.4, -0.2) is 119 Å². The van der Waals surface area contributed by atoms with Crippen LogP contribution >= 0.6 is 23.1 Å². The van der Waals surface area contributed by atoms with Gasteiger partial charge in [-0.3, -0.25) is 24.4 Å². The molecule has 0 bridgehead atoms. The van der Waals surface area contributed by atoms with E-state index in [4.69, 9.17) is 9.72 Å². The first-order valence-electron chi connectivity index (χ1n) is 25.7. The molecule has 4 saturated heterocycles. The van der Waals surface area contributed by atoms with Crippen molar-refractivity contribution < 1.29 is 23.7 Å². The summed E-state index contributed by atoms with van der Waals surface area (Å²) in [5.41, 5.74) is 9.60. The Morgan fingerprint density at radius 1 is 0.811 bits per heavy atom. The number of anilines is 6. The highest BCUT2D eigenvalue weighted by molar-refractivity contribution is 9.10. The third-order valence-corrected chi connectivity index (χ3v) is 18.1. The van der Waals surface area contributed by atoms with Gasteiger partial charge in [-0.15, -0.1) is 0 Å². The predicted molar refractivity (Wildman–Crippen MR) is 295 cm³/mol. The number of likely N-dealkylation sites (tertiary alicyclic amines) is 1. The number of amides is 3. The molecule has 3 amide bonds. The lowest BCUT2D eigenvalue weighted by atomic mass is 9.72. The van der Waals surface area contributed by atoms with Crippen molar-refractivity contribution in [3.8, 4) is 28.0 Å². The molecule has 5 aliphatic rings. The Labute approximate surface area is 440 Å². The summed E-state index contributed by atoms with van der Waals surface area (Å²) in [6, 6.07) is 26.4. The van der Waals surface area contributed by atoms with E-state index < -0.39 is 13.2 Å². The standard InChI is InChI=1S/C56H63BrN11O5P/c1-64-33-39(31-59-64)43-29-46(61-55-58-32-44(57)52(63-55)60-45-14-11-37(28-50(45)74(3,4)72)36-9-6-5-7-10-36)49(73-2)30-48(43)66-23-17-40(18-24-66)65-25-20-56(21-26-65)19-8-22-67(35-56)41-12-13-42-38(27-41)34-68(54(42)71)47-15-16-51(69)62-53(47)70/h5-7,9-14,27-33,40,47H,8,15-26,34-35H2,1-4H3,(H,62,69,70)(H2,58,60,61,63). The fraction of sp³-hybridized carbons (Fsp3) is 0.393. The molecule has 4 fully saturated rings. The average molecular weight is 1080 g/mol. The summed E-state index contributed by atoms with van der Waals surface area (Å²) in [6.45, 7) is 9.94. The summed E-state index contributed by atoms with van der Waals surface area (Å²) in [7, 11) is 0.910. The van der Waals surface area contributed by atoms with Gasteiger partial charge in [0.2, 0.25) is 17.8 Å². The first-order valence-corrected chi connectivity index (χ1v) is 29.1. The number of carbonyl (C=O) groups is 3. The molecule has 0 aliphatic carbocycles. The van der Waals surface area contributed by atoms with Crippen molar-refractivity contribution in [1.29, 1.82) is 0 Å². The lowest BCUT2D eigenvalue weighted by Crippen LogP contribution is -2.53. The number of hydrogen-bond acceptors (Lipinski definition) is 13. The maximum atomic E-state index is 13.7. The van der Waals surface area contributed by atoms with Crippen molar-refractivity contribution in [2.45, 2.75) is 70.0 Å². The van der Waals surface area contributed by atoms with Gasteiger partial charge in [-0.1, -0.05) is 36.4 Å². The van der Waals surface area contributed by atoms with Crippen molar-refractivity contribution in [1.82, 2.24) is 34.9 Å². The Morgan fingerprint density at radius 3 is 2.34 bits per heavy atom. The molecular formula is C56H63BrN11O5P. The first-order chi connectivity index (χ1) is 35.7. The molecule has 1 unspecified atom stereocenters. The van der Waals surface area contributed by atoms with Gasteiger partial charge in [-0.05, 0) is 146 Å². The maximum Gasteiger partial charge on any atom is 0.255 e. The van der Waals surface area contributed by atoms with Gasteiger partial charge in [0, 0.05) is 104 Å². The minimum Gasteiger partial charge on any atom is -0.494 e. The second kappa shape index (κ2) is 20.3. The van der Waals surface area contributed by atoms with E-state index in [0.717, 1.165) is 116 Å². The molecule has 1 atom stereocenters. The molecular weight excluding hydrogens is 1020 g/mol. The van der Waals surface area contributed by atoms with Gasteiger partial charge >= 0.3 is 0 Å². The quantitative estimate of drug-likeness (QED) is 0.0784. The van der Waals surface area contributed by atoms with Gasteiger partial charge in [-0.25, -0.2) is 4.98 Å². The Balaban J connectivity index is 0.751. The number of rotatable bonds is 12. The van der Waals surface area contributed by atoms with Gasteiger partial charge in [-0.2, -0.15) is 10.1 Å². The van der Waals surface area contributed by atoms with Crippen LogP contribution in [0.1, 0.15) is 67.3 Å². The van der Waals surface area contributed by atoms with E-state index >= 15 is 0 Å². The Morgan fingerprint density at radius 2 is 1.61 bits per heavy atom. The van der Waals surface area contributed by atoms with Gasteiger partial charge < -0.3 is 39.5 Å². The van der Waals surface area contributed by atoms with Crippen molar-refractivity contribution in [2.24, 2.45) is 12.5 Å². The second-order valence-electron chi connectivity index (χ2n) is 21.1. The van der Waals surface area contributed by atoms with Gasteiger partial charge in [0.25, 0.3) is 5.91 Å². The number of fused-ring (bicyclic) bond motifs is 1. The van der Waals surface area contributed by atoms with Crippen LogP contribution in [0.25, 0.3) is 22.3 Å². The van der Waals surface area contributed by atoms with E-state index in [9.17, 15) is 18.9 Å². The molecule has 6 aromatic rings. The Kier molecular flexibility index (Phi) is 13.6. The topological polar surface area (TPSA) is 170 Å². The fourth-order valence-corrected chi connectivity index (χ4v) is 13.4. The highest BCUT2D eigenvalue weighted by Crippen LogP contribution is 2.46. The number of hydrogen-bond donors (Lipinski definition) is 3. The number of methoxy groups -OCH3 is 1. The number of imide groups is 1. The summed E-state index contributed by atoms with van der Waals surface area (Å²) in [6.07, 6.45) is 13.1. The van der Waals surface area contributed by atoms with Crippen LogP contribution in [-0.2, 0) is 27.7 Å². The molecule has 1 spiro atoms. The smallest absolute Gasteiger partial charge is 0.255 e. The van der Waals surface area contributed by atoms with Crippen molar-refractivity contribution >= 4 is 80.6 Å². The minimum atomic E-state index is -2.71. The SMILES string of the molecule is COc1cc(N2CCC(N3CCC4(CCCN(c5ccc6c(c5)CN(C5CCC(=O)NC5=O)C6=O)C4)CC3)CC2)c(-c2cnn(C)c2)cc1Nc1ncc(Br)c(Nc2ccc(-c3ccccc3)cc2P(C)(C)=O)n1. The number of ether oxygens (including phenoxy) is 1. The Hall–Kier alpha value is -6.55. The number of aromatic nitrogens is 4. The predicted octanol–water partition coefficient (Wildman–Crippen LogP) is 9.16. The monoisotopic (exact) mass is 1080 g/mol. The lowest BCUT2D eigenvalue weighted by molar-refractivity contribution is -0.136. The summed E-state index contributed by atoms with van der Waals surface area (Å²) in [4.78, 5) is 56.8. The molecule has 384 valence electrons. The first kappa shape index (κ1) is 49.7. The normalized spacial score (nSPS) is 19.4. The summed E-state index contributed by atoms with van der Waals surface area (Å²) in [5, 5.41) is 14.6. The van der Waals surface area contributed by atoms with E-state index in [1.165, 1.54) is 6.42 Å². The third kappa shape index (κ3) is 10.1. The molecule has 11 rings (SSSR count). The van der Waals surface area contributed by atoms with E-state index in [1.807, 2.05) is 78.7 Å². The van der Waals surface area contributed by atoms with Crippen LogP contribution < -0.4 is 35.8 Å². The molecule has 0 saturated carbocycles. The van der Waals surface area contributed by atoms with Crippen molar-refractivity contribution in [3.05, 3.63) is 113 Å². The maximum absolute atomic E-state index is 13.7.